The van der Waals surface area contributed by atoms with Crippen molar-refractivity contribution in [1.82, 2.24) is 29.3 Å². The second-order valence-corrected chi connectivity index (χ2v) is 6.17. The summed E-state index contributed by atoms with van der Waals surface area (Å²) in [5, 5.41) is 17.3. The molecule has 124 valence electrons. The fourth-order valence-electron chi connectivity index (χ4n) is 2.78. The van der Waals surface area contributed by atoms with E-state index < -0.39 is 5.97 Å². The van der Waals surface area contributed by atoms with E-state index in [0.29, 0.717) is 18.0 Å². The van der Waals surface area contributed by atoms with Crippen LogP contribution >= 0.6 is 11.6 Å². The summed E-state index contributed by atoms with van der Waals surface area (Å²) in [6.45, 7) is 0.447. The van der Waals surface area contributed by atoms with Crippen molar-refractivity contribution in [2.75, 3.05) is 11.9 Å². The van der Waals surface area contributed by atoms with Crippen LogP contribution in [0.2, 0.25) is 5.28 Å². The quantitative estimate of drug-likeness (QED) is 0.647. The molecule has 1 saturated carbocycles. The molecule has 3 aromatic heterocycles. The Morgan fingerprint density at radius 3 is 2.92 bits per heavy atom. The van der Waals surface area contributed by atoms with Gasteiger partial charge < -0.3 is 15.0 Å². The molecule has 1 aliphatic rings. The van der Waals surface area contributed by atoms with Crippen LogP contribution in [0.5, 0.6) is 0 Å². The Balaban J connectivity index is 1.62. The molecule has 0 atom stereocenters. The molecular weight excluding hydrogens is 334 g/mol. The first-order valence-corrected chi connectivity index (χ1v) is 7.78. The monoisotopic (exact) mass is 347 g/mol. The molecule has 9 nitrogen and oxygen atoms in total. The average Bonchev–Trinajstić information content (AvgIpc) is 2.95. The van der Waals surface area contributed by atoms with Gasteiger partial charge >= 0.3 is 5.97 Å². The van der Waals surface area contributed by atoms with Crippen LogP contribution in [0.4, 0.5) is 5.82 Å². The van der Waals surface area contributed by atoms with E-state index in [1.165, 1.54) is 10.9 Å². The second-order valence-electron chi connectivity index (χ2n) is 5.83. The summed E-state index contributed by atoms with van der Waals surface area (Å²) in [5.74, 6) is -0.361. The molecule has 0 radical (unpaired) electrons. The summed E-state index contributed by atoms with van der Waals surface area (Å²) in [4.78, 5) is 23.3. The molecule has 0 unspecified atom stereocenters. The number of aromatic nitrogens is 6. The van der Waals surface area contributed by atoms with Crippen molar-refractivity contribution in [3.63, 3.8) is 0 Å². The third-order valence-electron chi connectivity index (χ3n) is 4.21. The Bertz CT molecular complexity index is 901. The average molecular weight is 348 g/mol. The van der Waals surface area contributed by atoms with Gasteiger partial charge in [-0.15, -0.1) is 0 Å². The third-order valence-corrected chi connectivity index (χ3v) is 4.38. The Kier molecular flexibility index (Phi) is 3.38. The number of hydrogen-bond donors (Lipinski definition) is 2. The van der Waals surface area contributed by atoms with E-state index in [4.69, 9.17) is 16.7 Å². The maximum atomic E-state index is 10.9. The van der Waals surface area contributed by atoms with E-state index in [1.807, 2.05) is 4.68 Å². The number of hydrogen-bond acceptors (Lipinski definition) is 6. The molecule has 0 spiro atoms. The van der Waals surface area contributed by atoms with Crippen LogP contribution in [-0.4, -0.2) is 46.9 Å². The number of carbonyl (C=O) groups is 1. The van der Waals surface area contributed by atoms with Crippen molar-refractivity contribution in [3.8, 4) is 0 Å². The highest BCUT2D eigenvalue weighted by atomic mass is 35.5. The highest BCUT2D eigenvalue weighted by Gasteiger charge is 2.45. The summed E-state index contributed by atoms with van der Waals surface area (Å²) in [5.41, 5.74) is 0.398. The van der Waals surface area contributed by atoms with E-state index >= 15 is 0 Å². The molecule has 0 bridgehead atoms. The lowest BCUT2D eigenvalue weighted by Gasteiger charge is -2.17. The zero-order valence-corrected chi connectivity index (χ0v) is 13.3. The molecule has 0 saturated heterocycles. The predicted octanol–water partition coefficient (Wildman–Crippen LogP) is 1.36. The van der Waals surface area contributed by atoms with Crippen LogP contribution in [0.15, 0.2) is 24.9 Å². The number of carboxylic acids is 1. The molecule has 0 amide bonds. The first kappa shape index (κ1) is 14.9. The smallest absolute Gasteiger partial charge is 0.323 e. The number of aliphatic carboxylic acids is 1. The minimum atomic E-state index is -0.945. The van der Waals surface area contributed by atoms with Crippen molar-refractivity contribution in [2.24, 2.45) is 0 Å². The first-order valence-electron chi connectivity index (χ1n) is 7.41. The molecule has 24 heavy (non-hydrogen) atoms. The predicted molar refractivity (Wildman–Crippen MR) is 85.9 cm³/mol. The Hall–Kier alpha value is -2.68. The molecule has 1 aliphatic carbocycles. The van der Waals surface area contributed by atoms with E-state index in [9.17, 15) is 4.79 Å². The van der Waals surface area contributed by atoms with Crippen LogP contribution in [0.3, 0.4) is 0 Å². The lowest BCUT2D eigenvalue weighted by Crippen LogP contribution is -2.27. The van der Waals surface area contributed by atoms with Gasteiger partial charge in [0.05, 0.1) is 10.9 Å². The zero-order valence-electron chi connectivity index (χ0n) is 12.6. The fourth-order valence-corrected chi connectivity index (χ4v) is 2.94. The van der Waals surface area contributed by atoms with Crippen molar-refractivity contribution >= 4 is 34.4 Å². The Labute approximate surface area is 141 Å². The van der Waals surface area contributed by atoms with Crippen LogP contribution in [0.1, 0.15) is 12.8 Å². The number of anilines is 1. The van der Waals surface area contributed by atoms with Gasteiger partial charge in [-0.2, -0.15) is 10.1 Å². The highest BCUT2D eigenvalue weighted by molar-refractivity contribution is 6.28. The minimum absolute atomic E-state index is 0.0703. The van der Waals surface area contributed by atoms with Crippen LogP contribution in [-0.2, 0) is 16.9 Å². The van der Waals surface area contributed by atoms with Gasteiger partial charge in [0.2, 0.25) is 5.28 Å². The van der Waals surface area contributed by atoms with Crippen molar-refractivity contribution < 1.29 is 9.90 Å². The van der Waals surface area contributed by atoms with Crippen molar-refractivity contribution in [2.45, 2.75) is 24.9 Å². The van der Waals surface area contributed by atoms with Crippen LogP contribution in [0, 0.1) is 0 Å². The summed E-state index contributed by atoms with van der Waals surface area (Å²) < 4.78 is 3.39. The van der Waals surface area contributed by atoms with Gasteiger partial charge in [0.25, 0.3) is 0 Å². The van der Waals surface area contributed by atoms with Gasteiger partial charge in [-0.05, 0) is 30.5 Å². The Morgan fingerprint density at radius 1 is 1.42 bits per heavy atom. The maximum absolute atomic E-state index is 10.9. The molecule has 4 rings (SSSR count). The van der Waals surface area contributed by atoms with E-state index in [2.05, 4.69) is 25.4 Å². The summed E-state index contributed by atoms with van der Waals surface area (Å²) in [6, 6.07) is 1.78. The Morgan fingerprint density at radius 2 is 2.25 bits per heavy atom. The van der Waals surface area contributed by atoms with Gasteiger partial charge in [-0.1, -0.05) is 0 Å². The number of fused-ring (bicyclic) bond motifs is 1. The normalized spacial score (nSPS) is 15.5. The summed E-state index contributed by atoms with van der Waals surface area (Å²) in [7, 11) is 0. The number of rotatable bonds is 6. The lowest BCUT2D eigenvalue weighted by molar-refractivity contribution is -0.137. The van der Waals surface area contributed by atoms with Crippen molar-refractivity contribution in [1.29, 1.82) is 0 Å². The molecule has 3 aromatic rings. The van der Waals surface area contributed by atoms with Gasteiger partial charge in [-0.3, -0.25) is 4.79 Å². The van der Waals surface area contributed by atoms with E-state index in [0.717, 1.165) is 18.2 Å². The van der Waals surface area contributed by atoms with E-state index in [-0.39, 0.29) is 17.4 Å². The maximum Gasteiger partial charge on any atom is 0.323 e. The number of nitrogens with one attached hydrogen (secondary N) is 1. The molecule has 0 aliphatic heterocycles. The van der Waals surface area contributed by atoms with E-state index in [1.54, 1.807) is 18.6 Å². The molecule has 0 aromatic carbocycles. The van der Waals surface area contributed by atoms with Crippen molar-refractivity contribution in [3.05, 3.63) is 30.2 Å². The number of halogens is 1. The highest BCUT2D eigenvalue weighted by Crippen LogP contribution is 2.42. The van der Waals surface area contributed by atoms with Gasteiger partial charge in [0.1, 0.15) is 30.7 Å². The molecular formula is C14H14ClN7O2. The summed E-state index contributed by atoms with van der Waals surface area (Å²) in [6.07, 6.45) is 6.91. The lowest BCUT2D eigenvalue weighted by atomic mass is 10.2. The topological polar surface area (TPSA) is 111 Å². The zero-order chi connectivity index (χ0) is 16.7. The van der Waals surface area contributed by atoms with Gasteiger partial charge in [-0.25, -0.2) is 14.6 Å². The first-order chi connectivity index (χ1) is 11.6. The van der Waals surface area contributed by atoms with Gasteiger partial charge in [0.15, 0.2) is 0 Å². The molecule has 10 heteroatoms. The number of nitrogens with zero attached hydrogens (tertiary/aromatic N) is 6. The second kappa shape index (κ2) is 5.45. The molecule has 3 heterocycles. The molecule has 1 fully saturated rings. The number of carboxylic acid groups (broad SMARTS) is 1. The minimum Gasteiger partial charge on any atom is -0.480 e. The summed E-state index contributed by atoms with van der Waals surface area (Å²) >= 11 is 6.00. The fraction of sp³-hybridized carbons (Fsp3) is 0.357. The largest absolute Gasteiger partial charge is 0.480 e. The van der Waals surface area contributed by atoms with Gasteiger partial charge in [0, 0.05) is 12.7 Å². The SMILES string of the molecule is O=C(O)Cn1ccc2c(NCC3(n4cncn4)CC3)nc(Cl)nc21. The van der Waals surface area contributed by atoms with Crippen LogP contribution < -0.4 is 5.32 Å². The standard InChI is InChI=1S/C14H14ClN7O2/c15-13-19-11(9-1-4-21(5-10(23)24)12(9)20-13)17-6-14(2-3-14)22-8-16-7-18-22/h1,4,7-8H,2-3,5-6H2,(H,23,24)(H,17,19,20). The molecule has 2 N–H and O–H groups in total. The van der Waals surface area contributed by atoms with Crippen LogP contribution in [0.25, 0.3) is 11.0 Å². The third kappa shape index (κ3) is 2.56.